The van der Waals surface area contributed by atoms with Gasteiger partial charge in [-0.3, -0.25) is 9.69 Å². The summed E-state index contributed by atoms with van der Waals surface area (Å²) in [5.41, 5.74) is 2.00. The summed E-state index contributed by atoms with van der Waals surface area (Å²) in [6, 6.07) is 21.2. The van der Waals surface area contributed by atoms with Crippen LogP contribution < -0.4 is 4.74 Å². The zero-order valence-corrected chi connectivity index (χ0v) is 20.8. The molecule has 5 nitrogen and oxygen atoms in total. The van der Waals surface area contributed by atoms with Crippen LogP contribution in [0.2, 0.25) is 5.02 Å². The molecule has 178 valence electrons. The summed E-state index contributed by atoms with van der Waals surface area (Å²) < 4.78 is 5.89. The van der Waals surface area contributed by atoms with Crippen molar-refractivity contribution in [2.24, 2.45) is 4.99 Å². The van der Waals surface area contributed by atoms with Crippen molar-refractivity contribution in [3.05, 3.63) is 94.0 Å². The first kappa shape index (κ1) is 23.6. The number of aliphatic imine (C=N–C) groups is 1. The number of aromatic nitrogens is 1. The molecule has 0 spiro atoms. The molecule has 2 fully saturated rings. The van der Waals surface area contributed by atoms with E-state index in [1.807, 2.05) is 77.7 Å². The molecule has 2 aromatic carbocycles. The number of amides is 1. The average Bonchev–Trinajstić information content (AvgIpc) is 3.19. The monoisotopic (exact) mass is 503 g/mol. The zero-order chi connectivity index (χ0) is 24.0. The normalized spacial score (nSPS) is 19.0. The third-order valence-corrected chi connectivity index (χ3v) is 7.37. The van der Waals surface area contributed by atoms with E-state index in [-0.39, 0.29) is 11.9 Å². The summed E-state index contributed by atoms with van der Waals surface area (Å²) in [6.45, 7) is 0.468. The van der Waals surface area contributed by atoms with Crippen LogP contribution in [-0.2, 0) is 11.4 Å². The first-order chi connectivity index (χ1) is 17.2. The van der Waals surface area contributed by atoms with E-state index in [1.165, 1.54) is 18.2 Å². The lowest BCUT2D eigenvalue weighted by molar-refractivity contribution is -0.124. The van der Waals surface area contributed by atoms with Crippen molar-refractivity contribution < 1.29 is 9.53 Å². The summed E-state index contributed by atoms with van der Waals surface area (Å²) in [6.07, 6.45) is 9.21. The molecule has 0 radical (unpaired) electrons. The Balaban J connectivity index is 1.33. The molecule has 0 unspecified atom stereocenters. The molecule has 1 saturated heterocycles. The third-order valence-electron chi connectivity index (χ3n) is 6.13. The van der Waals surface area contributed by atoms with Crippen molar-refractivity contribution in [3.8, 4) is 5.75 Å². The fourth-order valence-electron chi connectivity index (χ4n) is 4.30. The minimum absolute atomic E-state index is 0.0275. The van der Waals surface area contributed by atoms with Gasteiger partial charge in [0, 0.05) is 17.3 Å². The Morgan fingerprint density at radius 3 is 2.51 bits per heavy atom. The van der Waals surface area contributed by atoms with Gasteiger partial charge in [0.25, 0.3) is 5.91 Å². The van der Waals surface area contributed by atoms with E-state index in [4.69, 9.17) is 21.3 Å². The molecule has 1 saturated carbocycles. The largest absolute Gasteiger partial charge is 0.489 e. The molecular weight excluding hydrogens is 478 g/mol. The number of hydrogen-bond acceptors (Lipinski definition) is 5. The lowest BCUT2D eigenvalue weighted by Gasteiger charge is -2.30. The topological polar surface area (TPSA) is 54.8 Å². The van der Waals surface area contributed by atoms with Crippen LogP contribution in [0.5, 0.6) is 5.75 Å². The molecule has 1 aromatic heterocycles. The van der Waals surface area contributed by atoms with Gasteiger partial charge >= 0.3 is 0 Å². The average molecular weight is 504 g/mol. The molecular formula is C28H26ClN3O2S. The van der Waals surface area contributed by atoms with Crippen molar-refractivity contribution in [3.63, 3.8) is 0 Å². The quantitative estimate of drug-likeness (QED) is 0.332. The van der Waals surface area contributed by atoms with E-state index in [9.17, 15) is 4.79 Å². The fourth-order valence-corrected chi connectivity index (χ4v) is 5.48. The molecule has 5 rings (SSSR count). The Morgan fingerprint density at radius 2 is 1.80 bits per heavy atom. The second-order valence-electron chi connectivity index (χ2n) is 8.64. The van der Waals surface area contributed by atoms with Crippen molar-refractivity contribution >= 4 is 46.3 Å². The van der Waals surface area contributed by atoms with E-state index in [2.05, 4.69) is 4.98 Å². The van der Waals surface area contributed by atoms with E-state index in [0.717, 1.165) is 47.7 Å². The highest BCUT2D eigenvalue weighted by Gasteiger charge is 2.38. The first-order valence-electron chi connectivity index (χ1n) is 11.9. The first-order valence-corrected chi connectivity index (χ1v) is 13.1. The number of thioether (sulfide) groups is 1. The number of pyridine rings is 1. The standard InChI is InChI=1S/C28H26ClN3O2S/c29-22-13-9-21(10-14-22)19-34-24-15-11-20(12-16-24)18-25-27(33)32(23-6-2-1-3-7-23)28(35-25)31-26-8-4-5-17-30-26/h4-5,8-18,23H,1-3,6-7,19H2/b25-18-,31-28+. The summed E-state index contributed by atoms with van der Waals surface area (Å²) >= 11 is 7.37. The maximum Gasteiger partial charge on any atom is 0.267 e. The van der Waals surface area contributed by atoms with Gasteiger partial charge in [0.2, 0.25) is 0 Å². The number of carbonyl (C=O) groups excluding carboxylic acids is 1. The second-order valence-corrected chi connectivity index (χ2v) is 10.1. The van der Waals surface area contributed by atoms with E-state index in [0.29, 0.717) is 22.4 Å². The Morgan fingerprint density at radius 1 is 1.03 bits per heavy atom. The van der Waals surface area contributed by atoms with Crippen molar-refractivity contribution in [2.45, 2.75) is 44.8 Å². The number of carbonyl (C=O) groups is 1. The lowest BCUT2D eigenvalue weighted by atomic mass is 9.94. The van der Waals surface area contributed by atoms with E-state index >= 15 is 0 Å². The van der Waals surface area contributed by atoms with Gasteiger partial charge in [0.05, 0.1) is 4.91 Å². The van der Waals surface area contributed by atoms with Gasteiger partial charge in [-0.1, -0.05) is 61.2 Å². The Labute approximate surface area is 214 Å². The summed E-state index contributed by atoms with van der Waals surface area (Å²) in [5, 5.41) is 1.43. The fraction of sp³-hybridized carbons (Fsp3) is 0.250. The van der Waals surface area contributed by atoms with E-state index in [1.54, 1.807) is 6.20 Å². The highest BCUT2D eigenvalue weighted by molar-refractivity contribution is 8.18. The third kappa shape index (κ3) is 5.95. The van der Waals surface area contributed by atoms with Crippen molar-refractivity contribution in [2.75, 3.05) is 0 Å². The molecule has 35 heavy (non-hydrogen) atoms. The van der Waals surface area contributed by atoms with Gasteiger partial charge < -0.3 is 4.74 Å². The Bertz CT molecular complexity index is 1220. The maximum atomic E-state index is 13.5. The zero-order valence-electron chi connectivity index (χ0n) is 19.3. The Hall–Kier alpha value is -3.09. The van der Waals surface area contributed by atoms with Crippen LogP contribution in [0.15, 0.2) is 82.8 Å². The molecule has 0 bridgehead atoms. The van der Waals surface area contributed by atoms with Crippen LogP contribution in [0, 0.1) is 0 Å². The van der Waals surface area contributed by atoms with Crippen LogP contribution in [0.3, 0.4) is 0 Å². The molecule has 2 aliphatic rings. The summed E-state index contributed by atoms with van der Waals surface area (Å²) in [7, 11) is 0. The van der Waals surface area contributed by atoms with Gasteiger partial charge in [0.15, 0.2) is 11.0 Å². The number of halogens is 1. The van der Waals surface area contributed by atoms with Crippen molar-refractivity contribution in [1.82, 2.24) is 9.88 Å². The second kappa shape index (κ2) is 11.1. The van der Waals surface area contributed by atoms with Gasteiger partial charge in [-0.2, -0.15) is 0 Å². The highest BCUT2D eigenvalue weighted by Crippen LogP contribution is 2.38. The molecule has 1 amide bonds. The Kier molecular flexibility index (Phi) is 7.50. The molecule has 3 aromatic rings. The van der Waals surface area contributed by atoms with Gasteiger partial charge in [0.1, 0.15) is 12.4 Å². The van der Waals surface area contributed by atoms with Crippen LogP contribution in [0.25, 0.3) is 6.08 Å². The van der Waals surface area contributed by atoms with Gasteiger partial charge in [-0.05, 0) is 78.2 Å². The number of hydrogen-bond donors (Lipinski definition) is 0. The van der Waals surface area contributed by atoms with Gasteiger partial charge in [-0.25, -0.2) is 9.98 Å². The lowest BCUT2D eigenvalue weighted by Crippen LogP contribution is -2.40. The molecule has 0 N–H and O–H groups in total. The number of ether oxygens (including phenoxy) is 1. The SMILES string of the molecule is O=C1/C(=C/c2ccc(OCc3ccc(Cl)cc3)cc2)S/C(=N/c2ccccn2)N1C1CCCCC1. The number of benzene rings is 2. The maximum absolute atomic E-state index is 13.5. The molecule has 0 atom stereocenters. The number of rotatable bonds is 6. The van der Waals surface area contributed by atoms with Crippen molar-refractivity contribution in [1.29, 1.82) is 0 Å². The predicted molar refractivity (Wildman–Crippen MR) is 143 cm³/mol. The van der Waals surface area contributed by atoms with Crippen LogP contribution in [-0.4, -0.2) is 27.0 Å². The summed E-state index contributed by atoms with van der Waals surface area (Å²) in [5.74, 6) is 1.42. The molecule has 1 aliphatic carbocycles. The predicted octanol–water partition coefficient (Wildman–Crippen LogP) is 7.25. The molecule has 2 heterocycles. The van der Waals surface area contributed by atoms with Crippen LogP contribution >= 0.6 is 23.4 Å². The molecule has 1 aliphatic heterocycles. The number of amidine groups is 1. The minimum Gasteiger partial charge on any atom is -0.489 e. The summed E-state index contributed by atoms with van der Waals surface area (Å²) in [4.78, 5) is 25.1. The van der Waals surface area contributed by atoms with Crippen LogP contribution in [0.1, 0.15) is 43.2 Å². The smallest absolute Gasteiger partial charge is 0.267 e. The minimum atomic E-state index is 0.0275. The highest BCUT2D eigenvalue weighted by atomic mass is 35.5. The molecule has 7 heteroatoms. The van der Waals surface area contributed by atoms with E-state index < -0.39 is 0 Å². The van der Waals surface area contributed by atoms with Gasteiger partial charge in [-0.15, -0.1) is 0 Å². The van der Waals surface area contributed by atoms with Crippen LogP contribution in [0.4, 0.5) is 5.82 Å². The number of nitrogens with zero attached hydrogens (tertiary/aromatic N) is 3.